The van der Waals surface area contributed by atoms with Crippen LogP contribution >= 0.6 is 0 Å². The number of carbonyl (C=O) groups excluding carboxylic acids is 1. The molecular weight excluding hydrogens is 320 g/mol. The van der Waals surface area contributed by atoms with Gasteiger partial charge >= 0.3 is 0 Å². The lowest BCUT2D eigenvalue weighted by atomic mass is 10.1. The summed E-state index contributed by atoms with van der Waals surface area (Å²) in [4.78, 5) is 26.5. The largest absolute Gasteiger partial charge is 0.383 e. The first-order chi connectivity index (χ1) is 12.2. The summed E-state index contributed by atoms with van der Waals surface area (Å²) in [5.74, 6) is -0.0876. The van der Waals surface area contributed by atoms with Crippen LogP contribution in [-0.2, 0) is 16.0 Å². The Hall–Kier alpha value is -2.44. The number of benzene rings is 1. The van der Waals surface area contributed by atoms with E-state index in [0.29, 0.717) is 38.4 Å². The first-order valence-electron chi connectivity index (χ1n) is 8.34. The van der Waals surface area contributed by atoms with E-state index in [1.54, 1.807) is 24.3 Å². The van der Waals surface area contributed by atoms with E-state index in [0.717, 1.165) is 5.56 Å². The first kappa shape index (κ1) is 17.4. The van der Waals surface area contributed by atoms with E-state index in [9.17, 15) is 9.59 Å². The van der Waals surface area contributed by atoms with Gasteiger partial charge in [0.2, 0.25) is 0 Å². The molecule has 2 heterocycles. The van der Waals surface area contributed by atoms with Crippen LogP contribution in [0.4, 0.5) is 0 Å². The number of amides is 1. The minimum atomic E-state index is -0.141. The van der Waals surface area contributed by atoms with Gasteiger partial charge < -0.3 is 18.9 Å². The van der Waals surface area contributed by atoms with E-state index in [1.807, 2.05) is 30.3 Å². The second-order valence-electron chi connectivity index (χ2n) is 5.96. The third kappa shape index (κ3) is 4.15. The molecule has 0 bridgehead atoms. The van der Waals surface area contributed by atoms with Crippen molar-refractivity contribution in [2.24, 2.45) is 0 Å². The van der Waals surface area contributed by atoms with Crippen molar-refractivity contribution < 1.29 is 14.3 Å². The fraction of sp³-hybridized carbons (Fsp3) is 0.368. The summed E-state index contributed by atoms with van der Waals surface area (Å²) in [6.45, 7) is 2.38. The van der Waals surface area contributed by atoms with Crippen LogP contribution < -0.4 is 5.56 Å². The van der Waals surface area contributed by atoms with E-state index in [4.69, 9.17) is 9.47 Å². The summed E-state index contributed by atoms with van der Waals surface area (Å²) in [5, 5.41) is 0. The molecule has 0 spiro atoms. The third-order valence-electron chi connectivity index (χ3n) is 4.29. The maximum Gasteiger partial charge on any atom is 0.255 e. The maximum absolute atomic E-state index is 12.8. The molecule has 2 aromatic rings. The number of morpholine rings is 1. The molecule has 1 aliphatic rings. The van der Waals surface area contributed by atoms with E-state index in [1.165, 1.54) is 10.6 Å². The Kier molecular flexibility index (Phi) is 5.63. The van der Waals surface area contributed by atoms with Crippen molar-refractivity contribution in [3.05, 3.63) is 70.1 Å². The predicted octanol–water partition coefficient (Wildman–Crippen LogP) is 1.71. The highest BCUT2D eigenvalue weighted by Gasteiger charge is 2.26. The number of ether oxygens (including phenoxy) is 2. The van der Waals surface area contributed by atoms with Gasteiger partial charge in [0.25, 0.3) is 11.5 Å². The predicted molar refractivity (Wildman–Crippen MR) is 93.6 cm³/mol. The van der Waals surface area contributed by atoms with Crippen molar-refractivity contribution in [3.8, 4) is 0 Å². The fourth-order valence-electron chi connectivity index (χ4n) is 2.91. The monoisotopic (exact) mass is 342 g/mol. The molecule has 6 heteroatoms. The summed E-state index contributed by atoms with van der Waals surface area (Å²) < 4.78 is 12.3. The molecule has 1 saturated heterocycles. The molecule has 3 rings (SSSR count). The zero-order chi connectivity index (χ0) is 17.6. The van der Waals surface area contributed by atoms with Gasteiger partial charge in [-0.15, -0.1) is 0 Å². The smallest absolute Gasteiger partial charge is 0.255 e. The summed E-state index contributed by atoms with van der Waals surface area (Å²) in [7, 11) is 1.58. The lowest BCUT2D eigenvalue weighted by Crippen LogP contribution is -2.42. The number of rotatable bonds is 5. The summed E-state index contributed by atoms with van der Waals surface area (Å²) in [6, 6.07) is 12.9. The van der Waals surface area contributed by atoms with Crippen molar-refractivity contribution in [1.82, 2.24) is 9.47 Å². The van der Waals surface area contributed by atoms with Gasteiger partial charge in [-0.25, -0.2) is 0 Å². The van der Waals surface area contributed by atoms with Crippen LogP contribution in [0.1, 0.15) is 22.0 Å². The van der Waals surface area contributed by atoms with E-state index in [2.05, 4.69) is 0 Å². The van der Waals surface area contributed by atoms with Crippen LogP contribution in [0.3, 0.4) is 0 Å². The van der Waals surface area contributed by atoms with E-state index in [-0.39, 0.29) is 17.6 Å². The number of pyridine rings is 1. The topological polar surface area (TPSA) is 60.8 Å². The molecule has 0 radical (unpaired) electrons. The summed E-state index contributed by atoms with van der Waals surface area (Å²) in [5.41, 5.74) is 1.42. The van der Waals surface area contributed by atoms with Crippen molar-refractivity contribution in [2.75, 3.05) is 33.4 Å². The van der Waals surface area contributed by atoms with Gasteiger partial charge in [0.05, 0.1) is 25.3 Å². The molecule has 0 aliphatic carbocycles. The molecule has 0 N–H and O–H groups in total. The quantitative estimate of drug-likeness (QED) is 0.830. The Balaban J connectivity index is 1.75. The molecule has 0 saturated carbocycles. The zero-order valence-corrected chi connectivity index (χ0v) is 14.3. The Morgan fingerprint density at radius 1 is 1.24 bits per heavy atom. The second kappa shape index (κ2) is 8.09. The molecule has 1 aliphatic heterocycles. The van der Waals surface area contributed by atoms with Gasteiger partial charge in [-0.2, -0.15) is 0 Å². The third-order valence-corrected chi connectivity index (χ3v) is 4.29. The molecule has 1 aromatic heterocycles. The number of carbonyl (C=O) groups is 1. The normalized spacial score (nSPS) is 17.5. The Morgan fingerprint density at radius 2 is 2.04 bits per heavy atom. The van der Waals surface area contributed by atoms with Gasteiger partial charge in [-0.1, -0.05) is 30.3 Å². The minimum Gasteiger partial charge on any atom is -0.383 e. The van der Waals surface area contributed by atoms with Crippen molar-refractivity contribution in [3.63, 3.8) is 0 Å². The lowest BCUT2D eigenvalue weighted by molar-refractivity contribution is -0.0228. The molecule has 132 valence electrons. The van der Waals surface area contributed by atoms with Crippen molar-refractivity contribution >= 4 is 5.91 Å². The number of hydrogen-bond acceptors (Lipinski definition) is 4. The van der Waals surface area contributed by atoms with Crippen LogP contribution in [0.2, 0.25) is 0 Å². The number of methoxy groups -OCH3 is 1. The van der Waals surface area contributed by atoms with E-state index >= 15 is 0 Å². The van der Waals surface area contributed by atoms with Crippen molar-refractivity contribution in [2.45, 2.75) is 12.6 Å². The second-order valence-corrected chi connectivity index (χ2v) is 5.96. The highest BCUT2D eigenvalue weighted by Crippen LogP contribution is 2.22. The Labute approximate surface area is 146 Å². The van der Waals surface area contributed by atoms with Gasteiger partial charge in [-0.3, -0.25) is 9.59 Å². The van der Waals surface area contributed by atoms with E-state index < -0.39 is 0 Å². The SMILES string of the molecule is COCCn1cc(C(=O)N2CCO[C@@H](c3ccccc3)C2)ccc1=O. The Morgan fingerprint density at radius 3 is 2.80 bits per heavy atom. The molecule has 1 atom stereocenters. The van der Waals surface area contributed by atoms with Crippen LogP contribution in [-0.4, -0.2) is 48.8 Å². The van der Waals surface area contributed by atoms with Crippen LogP contribution in [0.15, 0.2) is 53.5 Å². The van der Waals surface area contributed by atoms with Gasteiger partial charge in [0.1, 0.15) is 6.10 Å². The molecule has 6 nitrogen and oxygen atoms in total. The molecule has 1 aromatic carbocycles. The maximum atomic E-state index is 12.8. The molecule has 1 amide bonds. The molecule has 0 unspecified atom stereocenters. The number of nitrogens with zero attached hydrogens (tertiary/aromatic N) is 2. The standard InChI is InChI=1S/C19H22N2O4/c1-24-11-9-20-13-16(7-8-18(20)22)19(23)21-10-12-25-17(14-21)15-5-3-2-4-6-15/h2-8,13,17H,9-12,14H2,1H3/t17-/m1/s1. The average Bonchev–Trinajstić information content (AvgIpc) is 2.67. The molecule has 25 heavy (non-hydrogen) atoms. The minimum absolute atomic E-state index is 0.0876. The zero-order valence-electron chi connectivity index (χ0n) is 14.3. The highest BCUT2D eigenvalue weighted by molar-refractivity contribution is 5.94. The number of aromatic nitrogens is 1. The van der Waals surface area contributed by atoms with Crippen LogP contribution in [0, 0.1) is 0 Å². The summed E-state index contributed by atoms with van der Waals surface area (Å²) in [6.07, 6.45) is 1.48. The molecular formula is C19H22N2O4. The Bertz CT molecular complexity index is 772. The number of hydrogen-bond donors (Lipinski definition) is 0. The van der Waals surface area contributed by atoms with Gasteiger partial charge in [0.15, 0.2) is 0 Å². The summed E-state index contributed by atoms with van der Waals surface area (Å²) >= 11 is 0. The van der Waals surface area contributed by atoms with Crippen molar-refractivity contribution in [1.29, 1.82) is 0 Å². The highest BCUT2D eigenvalue weighted by atomic mass is 16.5. The van der Waals surface area contributed by atoms with Gasteiger partial charge in [0, 0.05) is 32.5 Å². The fourth-order valence-corrected chi connectivity index (χ4v) is 2.91. The first-order valence-corrected chi connectivity index (χ1v) is 8.34. The van der Waals surface area contributed by atoms with Gasteiger partial charge in [-0.05, 0) is 11.6 Å². The average molecular weight is 342 g/mol. The molecule has 1 fully saturated rings. The van der Waals surface area contributed by atoms with Crippen LogP contribution in [0.25, 0.3) is 0 Å². The van der Waals surface area contributed by atoms with Crippen LogP contribution in [0.5, 0.6) is 0 Å². The lowest BCUT2D eigenvalue weighted by Gasteiger charge is -2.33.